The number of benzene rings is 4. The fraction of sp³-hybridized carbons (Fsp3) is 0.250. The average Bonchev–Trinajstić information content (AvgIpc) is 3.05. The van der Waals surface area contributed by atoms with Crippen molar-refractivity contribution < 1.29 is 120 Å². The molecule has 0 radical (unpaired) electrons. The summed E-state index contributed by atoms with van der Waals surface area (Å²) in [6, 6.07) is -9.33. The molecule has 0 unspecified atom stereocenters. The van der Waals surface area contributed by atoms with Gasteiger partial charge in [0.1, 0.15) is 22.7 Å². The fourth-order valence-corrected chi connectivity index (χ4v) is 5.42. The van der Waals surface area contributed by atoms with E-state index in [1.165, 1.54) is 0 Å². The second-order valence-electron chi connectivity index (χ2n) is 12.1. The molecule has 0 aliphatic carbocycles. The highest BCUT2D eigenvalue weighted by atomic mass is 19.4. The lowest BCUT2D eigenvalue weighted by atomic mass is 9.96. The van der Waals surface area contributed by atoms with Crippen LogP contribution in [0.4, 0.5) is 128 Å². The van der Waals surface area contributed by atoms with Crippen LogP contribution in [0.25, 0.3) is 0 Å². The molecule has 4 aromatic rings. The van der Waals surface area contributed by atoms with E-state index in [1.807, 2.05) is 0 Å². The zero-order valence-corrected chi connectivity index (χ0v) is 28.4. The molecule has 0 aromatic heterocycles. The number of hydrogen-bond acceptors (Lipinski definition) is 3. The number of hydrogen-bond donors (Lipinski definition) is 3. The number of nitrogens with zero attached hydrogens (tertiary/aromatic N) is 1. The minimum Gasteiger partial charge on any atom is -0.402 e. The third kappa shape index (κ3) is 11.7. The van der Waals surface area contributed by atoms with Gasteiger partial charge in [-0.05, 0) is 24.3 Å². The quantitative estimate of drug-likeness (QED) is 0.109. The predicted octanol–water partition coefficient (Wildman–Crippen LogP) is 13.1. The van der Waals surface area contributed by atoms with Gasteiger partial charge in [-0.25, -0.2) is 0 Å². The Labute approximate surface area is 322 Å². The monoisotopic (exact) mass is 928 g/mol. The summed E-state index contributed by atoms with van der Waals surface area (Å²) >= 11 is 0. The second kappa shape index (κ2) is 16.1. The number of quaternary nitrogens is 1. The van der Waals surface area contributed by atoms with E-state index < -0.39 is 201 Å². The van der Waals surface area contributed by atoms with Crippen molar-refractivity contribution in [1.82, 2.24) is 4.48 Å². The fourth-order valence-electron chi connectivity index (χ4n) is 5.42. The van der Waals surface area contributed by atoms with Crippen LogP contribution in [0.1, 0.15) is 44.5 Å². The first-order chi connectivity index (χ1) is 27.0. The molecule has 336 valence electrons. The Morgan fingerprint density at radius 1 is 0.246 bits per heavy atom. The summed E-state index contributed by atoms with van der Waals surface area (Å²) in [5.74, 6) is 0. The van der Waals surface area contributed by atoms with Gasteiger partial charge in [-0.2, -0.15) is 110 Å². The van der Waals surface area contributed by atoms with Crippen LogP contribution in [0.5, 0.6) is 0 Å². The van der Waals surface area contributed by atoms with E-state index in [2.05, 4.69) is 0 Å². The summed E-state index contributed by atoms with van der Waals surface area (Å²) in [7, 11) is -2.17. The molecule has 0 amide bonds. The first-order valence-corrected chi connectivity index (χ1v) is 15.1. The summed E-state index contributed by atoms with van der Waals surface area (Å²) in [4.78, 5) is 0. The molecule has 3 N–H and O–H groups in total. The Morgan fingerprint density at radius 3 is 0.426 bits per heavy atom. The van der Waals surface area contributed by atoms with Crippen molar-refractivity contribution in [2.45, 2.75) is 49.4 Å². The molecule has 4 rings (SSSR count). The largest absolute Gasteiger partial charge is 0.631 e. The van der Waals surface area contributed by atoms with Crippen LogP contribution >= 0.6 is 0 Å². The maximum absolute atomic E-state index is 14.2. The van der Waals surface area contributed by atoms with E-state index in [4.69, 9.17) is 15.1 Å². The molecule has 0 fully saturated rings. The minimum absolute atomic E-state index is 0.746. The molecular formula is C32H15BF24NO3+. The van der Waals surface area contributed by atoms with Crippen LogP contribution in [0, 0.1) is 0 Å². The SMILES string of the molecule is FC(F)(F)c1cc(C(F)(F)F)cc([N+](c2cc(C(F)(F)F)cc(C(F)(F)F)c2)(c2cc(C(F)(F)F)cc(C(F)(F)F)c2)c2cc(C(F)(F)F)cc(C(F)(F)F)c2)c1.OB(O)O. The van der Waals surface area contributed by atoms with Gasteiger partial charge in [0.2, 0.25) is 0 Å². The highest BCUT2D eigenvalue weighted by Crippen LogP contribution is 2.58. The Bertz CT molecular complexity index is 1770. The minimum atomic E-state index is -6.15. The molecule has 0 atom stereocenters. The van der Waals surface area contributed by atoms with E-state index in [0.717, 1.165) is 0 Å². The van der Waals surface area contributed by atoms with Crippen molar-refractivity contribution >= 4 is 30.1 Å². The standard InChI is InChI=1S/C32H12F24N.BH3O3/c33-25(34,35)13-1-14(26(36,37)38)6-21(5-13)57(22-7-15(27(39,40)41)2-16(8-22)28(42,43)44,23-9-17(29(45,46)47)3-18(10-23)30(48,49)50)24-11-19(31(51,52)53)4-20(12-24)32(54,55)56;2-1(3)4/h1-12H;2-4H/q+1;. The first-order valence-electron chi connectivity index (χ1n) is 15.1. The lowest BCUT2D eigenvalue weighted by Crippen LogP contribution is -2.36. The van der Waals surface area contributed by atoms with Gasteiger partial charge < -0.3 is 15.1 Å². The maximum atomic E-state index is 14.2. The predicted molar refractivity (Wildman–Crippen MR) is 159 cm³/mol. The second-order valence-corrected chi connectivity index (χ2v) is 12.1. The van der Waals surface area contributed by atoms with Crippen LogP contribution in [0.3, 0.4) is 0 Å². The summed E-state index contributed by atoms with van der Waals surface area (Å²) < 4.78 is 337. The normalized spacial score (nSPS) is 13.8. The Hall–Kier alpha value is -4.90. The number of rotatable bonds is 4. The van der Waals surface area contributed by atoms with Gasteiger partial charge >= 0.3 is 56.7 Å². The van der Waals surface area contributed by atoms with E-state index >= 15 is 0 Å². The highest BCUT2D eigenvalue weighted by molar-refractivity contribution is 6.30. The number of halogens is 24. The van der Waals surface area contributed by atoms with Gasteiger partial charge in [0.15, 0.2) is 0 Å². The molecular weight excluding hydrogens is 913 g/mol. The van der Waals surface area contributed by atoms with Gasteiger partial charge in [0, 0.05) is 48.5 Å². The van der Waals surface area contributed by atoms with Crippen LogP contribution in [-0.4, -0.2) is 22.4 Å². The molecule has 61 heavy (non-hydrogen) atoms. The maximum Gasteiger partial charge on any atom is 0.631 e. The lowest BCUT2D eigenvalue weighted by molar-refractivity contribution is -0.144. The molecule has 0 heterocycles. The molecule has 0 aliphatic rings. The van der Waals surface area contributed by atoms with Crippen LogP contribution in [0.2, 0.25) is 0 Å². The molecule has 0 bridgehead atoms. The smallest absolute Gasteiger partial charge is 0.402 e. The third-order valence-corrected chi connectivity index (χ3v) is 7.84. The zero-order valence-electron chi connectivity index (χ0n) is 28.4. The van der Waals surface area contributed by atoms with Crippen molar-refractivity contribution in [3.63, 3.8) is 0 Å². The Morgan fingerprint density at radius 2 is 0.344 bits per heavy atom. The van der Waals surface area contributed by atoms with E-state index in [9.17, 15) is 105 Å². The van der Waals surface area contributed by atoms with E-state index in [1.54, 1.807) is 0 Å². The highest BCUT2D eigenvalue weighted by Gasteiger charge is 2.51. The van der Waals surface area contributed by atoms with Crippen molar-refractivity contribution in [3.05, 3.63) is 117 Å². The van der Waals surface area contributed by atoms with Crippen LogP contribution in [0.15, 0.2) is 72.8 Å². The lowest BCUT2D eigenvalue weighted by Gasteiger charge is -2.39. The van der Waals surface area contributed by atoms with Crippen molar-refractivity contribution in [2.75, 3.05) is 0 Å². The Balaban J connectivity index is 0.00000237. The van der Waals surface area contributed by atoms with Crippen LogP contribution in [-0.2, 0) is 49.4 Å². The topological polar surface area (TPSA) is 60.7 Å². The van der Waals surface area contributed by atoms with Crippen molar-refractivity contribution in [3.8, 4) is 0 Å². The number of alkyl halides is 24. The molecule has 0 spiro atoms. The molecule has 4 nitrogen and oxygen atoms in total. The summed E-state index contributed by atoms with van der Waals surface area (Å²) in [6.07, 6.45) is -49.2. The van der Waals surface area contributed by atoms with Gasteiger partial charge in [-0.1, -0.05) is 0 Å². The van der Waals surface area contributed by atoms with Gasteiger partial charge in [0.05, 0.1) is 44.5 Å². The zero-order chi connectivity index (χ0) is 47.5. The molecule has 29 heteroatoms. The molecule has 4 aromatic carbocycles. The third-order valence-electron chi connectivity index (χ3n) is 7.84. The van der Waals surface area contributed by atoms with Crippen molar-refractivity contribution in [2.24, 2.45) is 0 Å². The molecule has 0 saturated heterocycles. The van der Waals surface area contributed by atoms with Gasteiger partial charge in [0.25, 0.3) is 0 Å². The first kappa shape index (κ1) is 50.5. The molecule has 0 aliphatic heterocycles. The van der Waals surface area contributed by atoms with E-state index in [-0.39, 0.29) is 0 Å². The van der Waals surface area contributed by atoms with Crippen molar-refractivity contribution in [1.29, 1.82) is 0 Å². The average molecular weight is 928 g/mol. The summed E-state index contributed by atoms with van der Waals surface area (Å²) in [6.45, 7) is 0. The van der Waals surface area contributed by atoms with E-state index in [0.29, 0.717) is 0 Å². The Kier molecular flexibility index (Phi) is 13.3. The summed E-state index contributed by atoms with van der Waals surface area (Å²) in [5, 5.41) is 21.5. The molecule has 0 saturated carbocycles. The van der Waals surface area contributed by atoms with Gasteiger partial charge in [-0.3, -0.25) is 0 Å². The van der Waals surface area contributed by atoms with Gasteiger partial charge in [-0.15, -0.1) is 0 Å². The van der Waals surface area contributed by atoms with Crippen LogP contribution < -0.4 is 4.48 Å². The summed E-state index contributed by atoms with van der Waals surface area (Å²) in [5.41, 5.74) is -31.0.